The van der Waals surface area contributed by atoms with Gasteiger partial charge in [0.25, 0.3) is 5.91 Å². The van der Waals surface area contributed by atoms with Crippen LogP contribution >= 0.6 is 0 Å². The second kappa shape index (κ2) is 5.87. The van der Waals surface area contributed by atoms with Crippen molar-refractivity contribution in [3.8, 4) is 0 Å². The summed E-state index contributed by atoms with van der Waals surface area (Å²) in [6.07, 6.45) is 7.56. The van der Waals surface area contributed by atoms with Gasteiger partial charge in [-0.3, -0.25) is 9.78 Å². The van der Waals surface area contributed by atoms with E-state index in [-0.39, 0.29) is 24.1 Å². The minimum atomic E-state index is 0.00748. The van der Waals surface area contributed by atoms with Crippen molar-refractivity contribution in [3.05, 3.63) is 29.1 Å². The number of rotatable bonds is 3. The Morgan fingerprint density at radius 1 is 1.35 bits per heavy atom. The van der Waals surface area contributed by atoms with Gasteiger partial charge in [-0.1, -0.05) is 0 Å². The first-order valence-corrected chi connectivity index (χ1v) is 8.72. The zero-order chi connectivity index (χ0) is 16.0. The molecule has 5 heteroatoms. The standard InChI is InChI=1S/C18H25N3O2/c1-21(2)16-15(13-7-8-23-17(13)16)20-18(22)12-9-11-5-3-4-6-14(11)19-10-12/h9-10,13,15-17H,3-8H2,1-2H3,(H,20,22)/t13-,15+,16-,17-/m1/s1. The number of aromatic nitrogens is 1. The van der Waals surface area contributed by atoms with E-state index in [2.05, 4.69) is 29.3 Å². The molecular weight excluding hydrogens is 290 g/mol. The molecule has 0 radical (unpaired) electrons. The largest absolute Gasteiger partial charge is 0.376 e. The lowest BCUT2D eigenvalue weighted by molar-refractivity contribution is -0.0664. The van der Waals surface area contributed by atoms with Gasteiger partial charge in [0.15, 0.2) is 0 Å². The Morgan fingerprint density at radius 3 is 3.00 bits per heavy atom. The fourth-order valence-corrected chi connectivity index (χ4v) is 4.43. The molecule has 0 bridgehead atoms. The molecule has 1 saturated carbocycles. The molecule has 0 unspecified atom stereocenters. The van der Waals surface area contributed by atoms with E-state index in [1.165, 1.54) is 24.1 Å². The van der Waals surface area contributed by atoms with Gasteiger partial charge < -0.3 is 15.0 Å². The molecule has 3 aliphatic rings. The van der Waals surface area contributed by atoms with Gasteiger partial charge in [-0.25, -0.2) is 0 Å². The number of carbonyl (C=O) groups excluding carboxylic acids is 1. The average Bonchev–Trinajstić information content (AvgIpc) is 2.95. The second-order valence-corrected chi connectivity index (χ2v) is 7.28. The van der Waals surface area contributed by atoms with Crippen LogP contribution in [0.15, 0.2) is 12.3 Å². The molecule has 1 saturated heterocycles. The number of nitrogens with one attached hydrogen (secondary N) is 1. The van der Waals surface area contributed by atoms with Crippen molar-refractivity contribution >= 4 is 5.91 Å². The maximum Gasteiger partial charge on any atom is 0.253 e. The SMILES string of the molecule is CN(C)[C@@H]1[C@@H](NC(=O)c2cnc3c(c2)CCCC3)[C@H]2CCO[C@H]21. The summed E-state index contributed by atoms with van der Waals surface area (Å²) in [4.78, 5) is 19.4. The normalized spacial score (nSPS) is 32.1. The summed E-state index contributed by atoms with van der Waals surface area (Å²) < 4.78 is 5.81. The lowest BCUT2D eigenvalue weighted by Crippen LogP contribution is -2.69. The Morgan fingerprint density at radius 2 is 2.17 bits per heavy atom. The van der Waals surface area contributed by atoms with E-state index in [9.17, 15) is 4.79 Å². The summed E-state index contributed by atoms with van der Waals surface area (Å²) in [5.41, 5.74) is 3.13. The minimum absolute atomic E-state index is 0.00748. The van der Waals surface area contributed by atoms with Crippen LogP contribution in [0.2, 0.25) is 0 Å². The zero-order valence-corrected chi connectivity index (χ0v) is 13.9. The van der Waals surface area contributed by atoms with Gasteiger partial charge in [0.1, 0.15) is 0 Å². The smallest absolute Gasteiger partial charge is 0.253 e. The van der Waals surface area contributed by atoms with Crippen LogP contribution in [0, 0.1) is 5.92 Å². The fraction of sp³-hybridized carbons (Fsp3) is 0.667. The van der Waals surface area contributed by atoms with E-state index in [0.717, 1.165) is 25.9 Å². The van der Waals surface area contributed by atoms with E-state index >= 15 is 0 Å². The molecule has 2 aliphatic carbocycles. The fourth-order valence-electron chi connectivity index (χ4n) is 4.43. The van der Waals surface area contributed by atoms with Crippen molar-refractivity contribution in [3.63, 3.8) is 0 Å². The number of carbonyl (C=O) groups is 1. The van der Waals surface area contributed by atoms with Crippen LogP contribution in [0.25, 0.3) is 0 Å². The summed E-state index contributed by atoms with van der Waals surface area (Å²) >= 11 is 0. The topological polar surface area (TPSA) is 54.5 Å². The van der Waals surface area contributed by atoms with E-state index in [0.29, 0.717) is 11.5 Å². The van der Waals surface area contributed by atoms with E-state index < -0.39 is 0 Å². The highest BCUT2D eigenvalue weighted by Gasteiger charge is 2.55. The number of pyridine rings is 1. The van der Waals surface area contributed by atoms with Crippen LogP contribution < -0.4 is 5.32 Å². The molecule has 2 heterocycles. The second-order valence-electron chi connectivity index (χ2n) is 7.28. The van der Waals surface area contributed by atoms with Gasteiger partial charge in [-0.15, -0.1) is 0 Å². The van der Waals surface area contributed by atoms with E-state index in [4.69, 9.17) is 4.74 Å². The van der Waals surface area contributed by atoms with Gasteiger partial charge >= 0.3 is 0 Å². The maximum absolute atomic E-state index is 12.7. The van der Waals surface area contributed by atoms with Gasteiger partial charge in [0.2, 0.25) is 0 Å². The Labute approximate surface area is 137 Å². The first kappa shape index (κ1) is 15.1. The van der Waals surface area contributed by atoms with Crippen molar-refractivity contribution in [2.45, 2.75) is 50.3 Å². The molecule has 1 aliphatic heterocycles. The van der Waals surface area contributed by atoms with Crippen molar-refractivity contribution < 1.29 is 9.53 Å². The molecule has 23 heavy (non-hydrogen) atoms. The molecular formula is C18H25N3O2. The predicted molar refractivity (Wildman–Crippen MR) is 87.5 cm³/mol. The highest BCUT2D eigenvalue weighted by Crippen LogP contribution is 2.41. The van der Waals surface area contributed by atoms with Gasteiger partial charge in [0.05, 0.1) is 23.8 Å². The highest BCUT2D eigenvalue weighted by atomic mass is 16.5. The molecule has 1 amide bonds. The molecule has 124 valence electrons. The molecule has 2 fully saturated rings. The molecule has 4 rings (SSSR count). The highest BCUT2D eigenvalue weighted by molar-refractivity contribution is 5.94. The summed E-state index contributed by atoms with van der Waals surface area (Å²) in [7, 11) is 4.12. The number of ether oxygens (including phenoxy) is 1. The van der Waals surface area contributed by atoms with Crippen LogP contribution in [0.5, 0.6) is 0 Å². The molecule has 1 N–H and O–H groups in total. The average molecular weight is 315 g/mol. The van der Waals surface area contributed by atoms with Crippen LogP contribution in [0.4, 0.5) is 0 Å². The van der Waals surface area contributed by atoms with Crippen LogP contribution in [-0.4, -0.2) is 54.7 Å². The third-order valence-corrected chi connectivity index (χ3v) is 5.68. The third kappa shape index (κ3) is 2.56. The van der Waals surface area contributed by atoms with Crippen molar-refractivity contribution in [1.29, 1.82) is 0 Å². The molecule has 1 aromatic rings. The Kier molecular flexibility index (Phi) is 3.85. The number of likely N-dealkylation sites (N-methyl/N-ethyl adjacent to an activating group) is 1. The Hall–Kier alpha value is -1.46. The minimum Gasteiger partial charge on any atom is -0.376 e. The van der Waals surface area contributed by atoms with Crippen LogP contribution in [0.3, 0.4) is 0 Å². The molecule has 0 spiro atoms. The predicted octanol–water partition coefficient (Wildman–Crippen LogP) is 1.41. The molecule has 0 aromatic carbocycles. The lowest BCUT2D eigenvalue weighted by Gasteiger charge is -2.50. The van der Waals surface area contributed by atoms with Crippen molar-refractivity contribution in [2.24, 2.45) is 5.92 Å². The summed E-state index contributed by atoms with van der Waals surface area (Å²) in [6.45, 7) is 0.812. The summed E-state index contributed by atoms with van der Waals surface area (Å²) in [5.74, 6) is 0.463. The van der Waals surface area contributed by atoms with Crippen molar-refractivity contribution in [2.75, 3.05) is 20.7 Å². The number of hydrogen-bond acceptors (Lipinski definition) is 4. The Balaban J connectivity index is 1.49. The first-order valence-electron chi connectivity index (χ1n) is 8.72. The van der Waals surface area contributed by atoms with Crippen LogP contribution in [0.1, 0.15) is 40.9 Å². The summed E-state index contributed by atoms with van der Waals surface area (Å²) in [6, 6.07) is 2.50. The van der Waals surface area contributed by atoms with Crippen LogP contribution in [-0.2, 0) is 17.6 Å². The number of aryl methyl sites for hydroxylation is 2. The van der Waals surface area contributed by atoms with Gasteiger partial charge in [0, 0.05) is 24.4 Å². The zero-order valence-electron chi connectivity index (χ0n) is 13.9. The van der Waals surface area contributed by atoms with Gasteiger partial charge in [-0.05, 0) is 57.8 Å². The number of amides is 1. The maximum atomic E-state index is 12.7. The Bertz CT molecular complexity index is 616. The molecule has 4 atom stereocenters. The number of fused-ring (bicyclic) bond motifs is 2. The molecule has 5 nitrogen and oxygen atoms in total. The quantitative estimate of drug-likeness (QED) is 0.916. The number of hydrogen-bond donors (Lipinski definition) is 1. The van der Waals surface area contributed by atoms with Crippen molar-refractivity contribution in [1.82, 2.24) is 15.2 Å². The van der Waals surface area contributed by atoms with E-state index in [1.54, 1.807) is 6.20 Å². The lowest BCUT2D eigenvalue weighted by atomic mass is 9.71. The number of nitrogens with zero attached hydrogens (tertiary/aromatic N) is 2. The van der Waals surface area contributed by atoms with E-state index in [1.807, 2.05) is 6.07 Å². The monoisotopic (exact) mass is 315 g/mol. The van der Waals surface area contributed by atoms with Gasteiger partial charge in [-0.2, -0.15) is 0 Å². The first-order chi connectivity index (χ1) is 11.1. The summed E-state index contributed by atoms with van der Waals surface area (Å²) in [5, 5.41) is 3.24. The molecule has 1 aromatic heterocycles. The third-order valence-electron chi connectivity index (χ3n) is 5.68.